The Bertz CT molecular complexity index is 1050. The molecule has 1 heterocycles. The molecule has 1 aliphatic rings. The Kier molecular flexibility index (Phi) is 8.45. The van der Waals surface area contributed by atoms with E-state index in [2.05, 4.69) is 21.7 Å². The summed E-state index contributed by atoms with van der Waals surface area (Å²) in [7, 11) is 0. The number of hydrogen-bond acceptors (Lipinski definition) is 7. The molecule has 0 aliphatic carbocycles. The third kappa shape index (κ3) is 6.80. The molecule has 2 aromatic rings. The molecule has 3 N–H and O–H groups in total. The zero-order valence-electron chi connectivity index (χ0n) is 18.1. The number of aliphatic imine (C=N–C) groups is 1. The van der Waals surface area contributed by atoms with Gasteiger partial charge in [-0.15, -0.1) is 0 Å². The number of ether oxygens (including phenoxy) is 1. The smallest absolute Gasteiger partial charge is 0.414 e. The summed E-state index contributed by atoms with van der Waals surface area (Å²) in [5, 5.41) is 2.61. The molecule has 1 fully saturated rings. The summed E-state index contributed by atoms with van der Waals surface area (Å²) in [6, 6.07) is 12.2. The lowest BCUT2D eigenvalue weighted by atomic mass is 10.0. The summed E-state index contributed by atoms with van der Waals surface area (Å²) in [6.45, 7) is 5.64. The van der Waals surface area contributed by atoms with Gasteiger partial charge >= 0.3 is 6.09 Å². The van der Waals surface area contributed by atoms with Crippen molar-refractivity contribution in [3.63, 3.8) is 0 Å². The zero-order chi connectivity index (χ0) is 23.8. The Hall–Kier alpha value is -3.37. The van der Waals surface area contributed by atoms with Gasteiger partial charge in [-0.2, -0.15) is 17.7 Å². The number of hydrogen-bond donors (Lipinski definition) is 2. The van der Waals surface area contributed by atoms with Crippen molar-refractivity contribution < 1.29 is 23.6 Å². The van der Waals surface area contributed by atoms with E-state index < -0.39 is 18.0 Å². The molecule has 0 unspecified atom stereocenters. The van der Waals surface area contributed by atoms with Crippen LogP contribution < -0.4 is 16.1 Å². The molecule has 3 rings (SSSR count). The van der Waals surface area contributed by atoms with Gasteiger partial charge in [0.05, 0.1) is 18.8 Å². The number of nitrogens with zero attached hydrogens (tertiary/aromatic N) is 2. The Morgan fingerprint density at radius 1 is 1.39 bits per heavy atom. The second-order valence-corrected chi connectivity index (χ2v) is 8.33. The zero-order valence-corrected chi connectivity index (χ0v) is 18.9. The molecule has 0 aromatic heterocycles. The molecule has 0 radical (unpaired) electrons. The molecule has 1 saturated heterocycles. The molecular formula is C23H25FN4O4S. The van der Waals surface area contributed by atoms with E-state index in [9.17, 15) is 14.0 Å². The van der Waals surface area contributed by atoms with Crippen molar-refractivity contribution in [2.45, 2.75) is 18.8 Å². The molecule has 8 nitrogen and oxygen atoms in total. The monoisotopic (exact) mass is 472 g/mol. The van der Waals surface area contributed by atoms with E-state index in [1.54, 1.807) is 23.9 Å². The molecule has 10 heteroatoms. The number of nitrogens with one attached hydrogen (secondary N) is 1. The number of carbonyl (C=O) groups excluding carboxylic acids is 2. The average molecular weight is 473 g/mol. The quantitative estimate of drug-likeness (QED) is 0.311. The Balaban J connectivity index is 1.60. The van der Waals surface area contributed by atoms with Gasteiger partial charge in [0.1, 0.15) is 11.9 Å². The lowest BCUT2D eigenvalue weighted by molar-refractivity contribution is -0.119. The fourth-order valence-corrected chi connectivity index (χ4v) is 4.05. The number of benzene rings is 2. The summed E-state index contributed by atoms with van der Waals surface area (Å²) in [4.78, 5) is 32.8. The number of thioether (sulfide) groups is 1. The second kappa shape index (κ2) is 11.5. The Morgan fingerprint density at radius 3 is 2.82 bits per heavy atom. The van der Waals surface area contributed by atoms with E-state index in [0.29, 0.717) is 22.7 Å². The van der Waals surface area contributed by atoms with E-state index in [0.717, 1.165) is 23.3 Å². The summed E-state index contributed by atoms with van der Waals surface area (Å²) in [6.07, 6.45) is 0.0877. The molecule has 174 valence electrons. The topological polar surface area (TPSA) is 106 Å². The molecule has 0 bridgehead atoms. The lowest BCUT2D eigenvalue weighted by Gasteiger charge is -2.14. The van der Waals surface area contributed by atoms with Crippen molar-refractivity contribution in [2.24, 2.45) is 10.9 Å². The van der Waals surface area contributed by atoms with Gasteiger partial charge in [0.2, 0.25) is 12.3 Å². The maximum Gasteiger partial charge on any atom is 0.414 e. The number of halogens is 1. The van der Waals surface area contributed by atoms with Gasteiger partial charge in [0.25, 0.3) is 0 Å². The number of carbonyl (C=O) groups is 2. The minimum absolute atomic E-state index is 0.207. The summed E-state index contributed by atoms with van der Waals surface area (Å²) >= 11 is 1.63. The Labute approximate surface area is 195 Å². The third-order valence-electron chi connectivity index (χ3n) is 4.82. The highest BCUT2D eigenvalue weighted by Gasteiger charge is 2.32. The number of cyclic esters (lactones) is 1. The minimum atomic E-state index is -0.566. The van der Waals surface area contributed by atoms with Gasteiger partial charge in [-0.05, 0) is 29.3 Å². The second-order valence-electron chi connectivity index (χ2n) is 7.34. The van der Waals surface area contributed by atoms with Crippen LogP contribution in [0.15, 0.2) is 59.7 Å². The predicted molar refractivity (Wildman–Crippen MR) is 127 cm³/mol. The van der Waals surface area contributed by atoms with E-state index in [1.165, 1.54) is 17.9 Å². The van der Waals surface area contributed by atoms with Gasteiger partial charge in [0, 0.05) is 29.7 Å². The SMILES string of the molecule is C=C(CSCc1ccc(-c2ccc(N3C[C@H](CNC(C)=O)OC3=O)cc2F)cc1)N=CON. The van der Waals surface area contributed by atoms with Gasteiger partial charge in [-0.25, -0.2) is 14.2 Å². The van der Waals surface area contributed by atoms with Crippen molar-refractivity contribution >= 4 is 35.9 Å². The standard InChI is InChI=1S/C23H25FN4O4S/c1-15(27-14-31-25)12-33-13-17-3-5-18(6-4-17)21-8-7-19(9-22(21)24)28-11-20(32-23(28)30)10-26-16(2)29/h3-9,14,20H,1,10-13,25H2,2H3,(H,26,29)/t20-/m0/s1. The fraction of sp³-hybridized carbons (Fsp3) is 0.261. The maximum atomic E-state index is 14.9. The molecular weight excluding hydrogens is 447 g/mol. The van der Waals surface area contributed by atoms with Crippen LogP contribution in [0.25, 0.3) is 11.1 Å². The molecule has 2 amide bonds. The first-order chi connectivity index (χ1) is 15.9. The first-order valence-electron chi connectivity index (χ1n) is 10.1. The van der Waals surface area contributed by atoms with Crippen LogP contribution in [0.5, 0.6) is 0 Å². The first-order valence-corrected chi connectivity index (χ1v) is 11.3. The third-order valence-corrected chi connectivity index (χ3v) is 5.89. The van der Waals surface area contributed by atoms with E-state index in [-0.39, 0.29) is 19.0 Å². The average Bonchev–Trinajstić information content (AvgIpc) is 3.17. The van der Waals surface area contributed by atoms with Gasteiger partial charge < -0.3 is 14.9 Å². The van der Waals surface area contributed by atoms with Gasteiger partial charge in [0.15, 0.2) is 0 Å². The predicted octanol–water partition coefficient (Wildman–Crippen LogP) is 3.62. The molecule has 33 heavy (non-hydrogen) atoms. The number of amides is 2. The number of rotatable bonds is 10. The Morgan fingerprint density at radius 2 is 2.15 bits per heavy atom. The molecule has 2 aromatic carbocycles. The van der Waals surface area contributed by atoms with Crippen molar-refractivity contribution in [1.29, 1.82) is 0 Å². The van der Waals surface area contributed by atoms with E-state index in [1.807, 2.05) is 24.3 Å². The van der Waals surface area contributed by atoms with Crippen LogP contribution in [-0.4, -0.2) is 43.3 Å². The van der Waals surface area contributed by atoms with Crippen molar-refractivity contribution in [1.82, 2.24) is 5.32 Å². The van der Waals surface area contributed by atoms with Crippen LogP contribution >= 0.6 is 11.8 Å². The first kappa shape index (κ1) is 24.3. The highest BCUT2D eigenvalue weighted by atomic mass is 32.2. The maximum absolute atomic E-state index is 14.9. The molecule has 0 spiro atoms. The molecule has 1 aliphatic heterocycles. The van der Waals surface area contributed by atoms with Crippen molar-refractivity contribution in [3.05, 3.63) is 66.1 Å². The number of nitrogens with two attached hydrogens (primary N) is 1. The summed E-state index contributed by atoms with van der Waals surface area (Å²) in [5.41, 5.74) is 3.30. The summed E-state index contributed by atoms with van der Waals surface area (Å²) < 4.78 is 20.1. The molecule has 1 atom stereocenters. The van der Waals surface area contributed by atoms with Gasteiger partial charge in [-0.3, -0.25) is 9.69 Å². The van der Waals surface area contributed by atoms with Crippen molar-refractivity contribution in [3.8, 4) is 11.1 Å². The van der Waals surface area contributed by atoms with Crippen LogP contribution in [0.1, 0.15) is 12.5 Å². The van der Waals surface area contributed by atoms with E-state index in [4.69, 9.17) is 10.6 Å². The highest BCUT2D eigenvalue weighted by Crippen LogP contribution is 2.29. The normalized spacial score (nSPS) is 15.5. The fourth-order valence-electron chi connectivity index (χ4n) is 3.21. The van der Waals surface area contributed by atoms with E-state index >= 15 is 0 Å². The number of anilines is 1. The minimum Gasteiger partial charge on any atom is -0.442 e. The van der Waals surface area contributed by atoms with Crippen LogP contribution in [0, 0.1) is 5.82 Å². The molecule has 0 saturated carbocycles. The lowest BCUT2D eigenvalue weighted by Crippen LogP contribution is -2.33. The largest absolute Gasteiger partial charge is 0.442 e. The van der Waals surface area contributed by atoms with Crippen molar-refractivity contribution in [2.75, 3.05) is 23.7 Å². The van der Waals surface area contributed by atoms with Crippen LogP contribution in [0.2, 0.25) is 0 Å². The summed E-state index contributed by atoms with van der Waals surface area (Å²) in [5.74, 6) is 5.61. The van der Waals surface area contributed by atoms with Gasteiger partial charge in [-0.1, -0.05) is 30.8 Å². The van der Waals surface area contributed by atoms with Crippen LogP contribution in [0.3, 0.4) is 0 Å². The highest BCUT2D eigenvalue weighted by molar-refractivity contribution is 7.98. The van der Waals surface area contributed by atoms with Crippen LogP contribution in [-0.2, 0) is 20.1 Å². The van der Waals surface area contributed by atoms with Crippen LogP contribution in [0.4, 0.5) is 14.9 Å².